The third-order valence-electron chi connectivity index (χ3n) is 3.49. The van der Waals surface area contributed by atoms with Gasteiger partial charge >= 0.3 is 0 Å². The molecular weight excluding hydrogens is 280 g/mol. The Morgan fingerprint density at radius 2 is 1.80 bits per heavy atom. The van der Waals surface area contributed by atoms with Gasteiger partial charge in [-0.05, 0) is 31.2 Å². The molecule has 0 spiro atoms. The summed E-state index contributed by atoms with van der Waals surface area (Å²) in [4.78, 5) is 13.6. The van der Waals surface area contributed by atoms with Crippen LogP contribution in [0.5, 0.6) is 5.75 Å². The van der Waals surface area contributed by atoms with Gasteiger partial charge in [-0.15, -0.1) is 0 Å². The number of rotatable bonds is 3. The van der Waals surface area contributed by atoms with Crippen LogP contribution in [0.3, 0.4) is 0 Å². The molecule has 1 saturated heterocycles. The number of hydrogen-bond donors (Lipinski definition) is 0. The monoisotopic (exact) mass is 298 g/mol. The standard InChI is InChI=1S/C13H18N2O4S/c1-10-13(16)14(2)8-9-15(10)20(17,18)12-6-4-11(19-3)5-7-12/h4-7,10H,8-9H2,1-3H3. The molecule has 0 bridgehead atoms. The Morgan fingerprint density at radius 1 is 1.20 bits per heavy atom. The van der Waals surface area contributed by atoms with E-state index in [1.807, 2.05) is 0 Å². The van der Waals surface area contributed by atoms with Crippen LogP contribution >= 0.6 is 0 Å². The molecule has 0 aliphatic carbocycles. The van der Waals surface area contributed by atoms with Gasteiger partial charge in [0.2, 0.25) is 15.9 Å². The Labute approximate surface area is 119 Å². The third-order valence-corrected chi connectivity index (χ3v) is 5.47. The summed E-state index contributed by atoms with van der Waals surface area (Å²) >= 11 is 0. The highest BCUT2D eigenvalue weighted by molar-refractivity contribution is 7.89. The van der Waals surface area contributed by atoms with Gasteiger partial charge in [-0.25, -0.2) is 8.42 Å². The molecule has 1 heterocycles. The molecule has 0 radical (unpaired) electrons. The lowest BCUT2D eigenvalue weighted by Crippen LogP contribution is -2.56. The average Bonchev–Trinajstić information content (AvgIpc) is 2.44. The molecular formula is C13H18N2O4S. The number of sulfonamides is 1. The minimum Gasteiger partial charge on any atom is -0.497 e. The second kappa shape index (κ2) is 5.41. The number of benzene rings is 1. The fourth-order valence-electron chi connectivity index (χ4n) is 2.21. The fraction of sp³-hybridized carbons (Fsp3) is 0.462. The molecule has 7 heteroatoms. The molecule has 1 amide bonds. The van der Waals surface area contributed by atoms with Crippen molar-refractivity contribution in [1.29, 1.82) is 0 Å². The Hall–Kier alpha value is -1.60. The molecule has 1 unspecified atom stereocenters. The van der Waals surface area contributed by atoms with Gasteiger partial charge in [0, 0.05) is 20.1 Å². The first-order valence-electron chi connectivity index (χ1n) is 6.29. The quantitative estimate of drug-likeness (QED) is 0.817. The van der Waals surface area contributed by atoms with Crippen molar-refractivity contribution in [2.75, 3.05) is 27.2 Å². The number of likely N-dealkylation sites (N-methyl/N-ethyl adjacent to an activating group) is 1. The molecule has 1 atom stereocenters. The third kappa shape index (κ3) is 2.51. The first-order valence-corrected chi connectivity index (χ1v) is 7.73. The van der Waals surface area contributed by atoms with E-state index in [1.54, 1.807) is 31.0 Å². The number of carbonyl (C=O) groups excluding carboxylic acids is 1. The van der Waals surface area contributed by atoms with Gasteiger partial charge in [0.15, 0.2) is 0 Å². The lowest BCUT2D eigenvalue weighted by molar-refractivity contribution is -0.136. The van der Waals surface area contributed by atoms with E-state index in [-0.39, 0.29) is 10.8 Å². The van der Waals surface area contributed by atoms with Gasteiger partial charge in [0.05, 0.1) is 12.0 Å². The van der Waals surface area contributed by atoms with Crippen molar-refractivity contribution in [3.05, 3.63) is 24.3 Å². The summed E-state index contributed by atoms with van der Waals surface area (Å²) in [6, 6.07) is 5.49. The van der Waals surface area contributed by atoms with E-state index in [2.05, 4.69) is 0 Å². The van der Waals surface area contributed by atoms with Crippen LogP contribution in [0.15, 0.2) is 29.2 Å². The maximum absolute atomic E-state index is 12.6. The van der Waals surface area contributed by atoms with Gasteiger partial charge in [-0.1, -0.05) is 0 Å². The number of carbonyl (C=O) groups is 1. The summed E-state index contributed by atoms with van der Waals surface area (Å²) in [7, 11) is -0.467. The number of methoxy groups -OCH3 is 1. The molecule has 0 saturated carbocycles. The van der Waals surface area contributed by atoms with E-state index in [0.29, 0.717) is 18.8 Å². The molecule has 1 fully saturated rings. The van der Waals surface area contributed by atoms with Crippen molar-refractivity contribution in [2.24, 2.45) is 0 Å². The van der Waals surface area contributed by atoms with Crippen molar-refractivity contribution < 1.29 is 17.9 Å². The van der Waals surface area contributed by atoms with E-state index < -0.39 is 16.1 Å². The number of amides is 1. The van der Waals surface area contributed by atoms with E-state index in [4.69, 9.17) is 4.74 Å². The van der Waals surface area contributed by atoms with Crippen molar-refractivity contribution in [2.45, 2.75) is 17.9 Å². The molecule has 0 aromatic heterocycles. The van der Waals surface area contributed by atoms with E-state index in [9.17, 15) is 13.2 Å². The SMILES string of the molecule is COc1ccc(S(=O)(=O)N2CCN(C)C(=O)C2C)cc1. The highest BCUT2D eigenvalue weighted by Gasteiger charge is 2.37. The summed E-state index contributed by atoms with van der Waals surface area (Å²) in [5.74, 6) is 0.403. The molecule has 1 aliphatic rings. The largest absolute Gasteiger partial charge is 0.497 e. The van der Waals surface area contributed by atoms with Crippen molar-refractivity contribution in [1.82, 2.24) is 9.21 Å². The van der Waals surface area contributed by atoms with E-state index in [0.717, 1.165) is 0 Å². The van der Waals surface area contributed by atoms with E-state index >= 15 is 0 Å². The predicted octanol–water partition coefficient (Wildman–Crippen LogP) is 0.546. The van der Waals surface area contributed by atoms with Crippen molar-refractivity contribution >= 4 is 15.9 Å². The number of hydrogen-bond acceptors (Lipinski definition) is 4. The Kier molecular flexibility index (Phi) is 4.01. The normalized spacial score (nSPS) is 21.1. The molecule has 0 N–H and O–H groups in total. The zero-order valence-corrected chi connectivity index (χ0v) is 12.6. The van der Waals surface area contributed by atoms with Gasteiger partial charge in [-0.3, -0.25) is 4.79 Å². The maximum atomic E-state index is 12.6. The predicted molar refractivity (Wildman–Crippen MR) is 74.0 cm³/mol. The highest BCUT2D eigenvalue weighted by atomic mass is 32.2. The molecule has 20 heavy (non-hydrogen) atoms. The van der Waals surface area contributed by atoms with Crippen molar-refractivity contribution in [3.63, 3.8) is 0 Å². The second-order valence-electron chi connectivity index (χ2n) is 4.73. The highest BCUT2D eigenvalue weighted by Crippen LogP contribution is 2.23. The van der Waals surface area contributed by atoms with Crippen molar-refractivity contribution in [3.8, 4) is 5.75 Å². The number of nitrogens with zero attached hydrogens (tertiary/aromatic N) is 2. The second-order valence-corrected chi connectivity index (χ2v) is 6.62. The number of ether oxygens (including phenoxy) is 1. The minimum atomic E-state index is -3.66. The topological polar surface area (TPSA) is 66.9 Å². The molecule has 1 aromatic rings. The van der Waals surface area contributed by atoms with Gasteiger partial charge < -0.3 is 9.64 Å². The first-order chi connectivity index (χ1) is 9.37. The molecule has 110 valence electrons. The average molecular weight is 298 g/mol. The fourth-order valence-corrected chi connectivity index (χ4v) is 3.79. The molecule has 1 aliphatic heterocycles. The van der Waals surface area contributed by atoms with Crippen LogP contribution < -0.4 is 4.74 Å². The lowest BCUT2D eigenvalue weighted by atomic mass is 10.2. The Morgan fingerprint density at radius 3 is 2.35 bits per heavy atom. The Balaban J connectivity index is 2.32. The zero-order valence-electron chi connectivity index (χ0n) is 11.7. The summed E-state index contributed by atoms with van der Waals surface area (Å²) in [6.45, 7) is 2.31. The van der Waals surface area contributed by atoms with Crippen LogP contribution in [0.1, 0.15) is 6.92 Å². The number of piperazine rings is 1. The molecule has 6 nitrogen and oxygen atoms in total. The summed E-state index contributed by atoms with van der Waals surface area (Å²) < 4.78 is 31.4. The first kappa shape index (κ1) is 14.8. The Bertz CT molecular complexity index is 597. The van der Waals surface area contributed by atoms with Crippen LogP contribution in [0, 0.1) is 0 Å². The van der Waals surface area contributed by atoms with Crippen LogP contribution in [-0.4, -0.2) is 56.8 Å². The molecule has 2 rings (SSSR count). The van der Waals surface area contributed by atoms with Crippen LogP contribution in [-0.2, 0) is 14.8 Å². The van der Waals surface area contributed by atoms with Gasteiger partial charge in [0.25, 0.3) is 0 Å². The summed E-state index contributed by atoms with van der Waals surface area (Å²) in [5.41, 5.74) is 0. The summed E-state index contributed by atoms with van der Waals surface area (Å²) in [5, 5.41) is 0. The van der Waals surface area contributed by atoms with Gasteiger partial charge in [0.1, 0.15) is 11.8 Å². The van der Waals surface area contributed by atoms with Gasteiger partial charge in [-0.2, -0.15) is 4.31 Å². The molecule has 1 aromatic carbocycles. The van der Waals surface area contributed by atoms with Crippen LogP contribution in [0.25, 0.3) is 0 Å². The van der Waals surface area contributed by atoms with Crippen LogP contribution in [0.2, 0.25) is 0 Å². The smallest absolute Gasteiger partial charge is 0.243 e. The summed E-state index contributed by atoms with van der Waals surface area (Å²) in [6.07, 6.45) is 0. The minimum absolute atomic E-state index is 0.169. The van der Waals surface area contributed by atoms with Crippen LogP contribution in [0.4, 0.5) is 0 Å². The maximum Gasteiger partial charge on any atom is 0.243 e. The lowest BCUT2D eigenvalue weighted by Gasteiger charge is -2.36. The van der Waals surface area contributed by atoms with E-state index in [1.165, 1.54) is 23.5 Å². The zero-order chi connectivity index (χ0) is 14.9.